The fourth-order valence-corrected chi connectivity index (χ4v) is 1.38. The van der Waals surface area contributed by atoms with E-state index in [1.165, 1.54) is 37.6 Å². The van der Waals surface area contributed by atoms with Gasteiger partial charge in [0, 0.05) is 6.20 Å². The lowest BCUT2D eigenvalue weighted by Crippen LogP contribution is -2.08. The van der Waals surface area contributed by atoms with Gasteiger partial charge in [0.2, 0.25) is 5.78 Å². The van der Waals surface area contributed by atoms with E-state index >= 15 is 0 Å². The summed E-state index contributed by atoms with van der Waals surface area (Å²) in [5, 5.41) is 0. The van der Waals surface area contributed by atoms with E-state index in [4.69, 9.17) is 0 Å². The van der Waals surface area contributed by atoms with Crippen LogP contribution in [-0.2, 0) is 0 Å². The molecule has 0 radical (unpaired) electrons. The van der Waals surface area contributed by atoms with Crippen LogP contribution in [0.15, 0.2) is 30.7 Å². The van der Waals surface area contributed by atoms with Crippen LogP contribution in [0, 0.1) is 18.6 Å². The first-order chi connectivity index (χ1) is 8.11. The lowest BCUT2D eigenvalue weighted by molar-refractivity contribution is 0.102. The molecule has 0 atom stereocenters. The number of ketones is 1. The third-order valence-corrected chi connectivity index (χ3v) is 2.33. The molecule has 5 heteroatoms. The van der Waals surface area contributed by atoms with Crippen LogP contribution >= 0.6 is 0 Å². The van der Waals surface area contributed by atoms with Crippen molar-refractivity contribution in [2.24, 2.45) is 0 Å². The number of carbonyl (C=O) groups excluding carboxylic acids is 1. The summed E-state index contributed by atoms with van der Waals surface area (Å²) >= 11 is 0. The number of rotatable bonds is 2. The van der Waals surface area contributed by atoms with Crippen LogP contribution in [0.5, 0.6) is 0 Å². The maximum Gasteiger partial charge on any atom is 0.214 e. The van der Waals surface area contributed by atoms with Gasteiger partial charge in [-0.3, -0.25) is 4.79 Å². The summed E-state index contributed by atoms with van der Waals surface area (Å²) in [4.78, 5) is 19.2. The molecule has 0 amide bonds. The number of halogens is 2. The maximum absolute atomic E-state index is 13.6. The van der Waals surface area contributed by atoms with E-state index in [1.54, 1.807) is 0 Å². The average molecular weight is 234 g/mol. The third kappa shape index (κ3) is 2.04. The number of nitrogens with zero attached hydrogens (tertiary/aromatic N) is 2. The molecule has 0 bridgehead atoms. The molecule has 17 heavy (non-hydrogen) atoms. The third-order valence-electron chi connectivity index (χ3n) is 2.33. The monoisotopic (exact) mass is 234 g/mol. The van der Waals surface area contributed by atoms with Crippen molar-refractivity contribution in [3.8, 4) is 0 Å². The summed E-state index contributed by atoms with van der Waals surface area (Å²) in [5.74, 6) is -2.82. The van der Waals surface area contributed by atoms with Crippen LogP contribution in [0.4, 0.5) is 8.78 Å². The highest BCUT2D eigenvalue weighted by atomic mass is 19.2. The zero-order chi connectivity index (χ0) is 12.4. The number of benzene rings is 1. The van der Waals surface area contributed by atoms with Crippen molar-refractivity contribution < 1.29 is 13.6 Å². The minimum absolute atomic E-state index is 0.0298. The van der Waals surface area contributed by atoms with Gasteiger partial charge in [-0.05, 0) is 24.6 Å². The Kier molecular flexibility index (Phi) is 2.91. The minimum Gasteiger partial charge on any atom is -0.287 e. The molecular formula is C12H8F2N2O. The summed E-state index contributed by atoms with van der Waals surface area (Å²) in [6.45, 7) is 1.43. The average Bonchev–Trinajstić information content (AvgIpc) is 2.36. The Morgan fingerprint density at radius 2 is 1.94 bits per heavy atom. The van der Waals surface area contributed by atoms with Crippen molar-refractivity contribution >= 4 is 5.78 Å². The molecule has 0 aliphatic carbocycles. The van der Waals surface area contributed by atoms with E-state index in [9.17, 15) is 13.6 Å². The zero-order valence-corrected chi connectivity index (χ0v) is 8.95. The molecule has 0 aliphatic heterocycles. The van der Waals surface area contributed by atoms with Gasteiger partial charge in [0.25, 0.3) is 0 Å². The van der Waals surface area contributed by atoms with Gasteiger partial charge in [0.05, 0.1) is 5.56 Å². The number of aryl methyl sites for hydroxylation is 1. The second-order valence-electron chi connectivity index (χ2n) is 3.48. The van der Waals surface area contributed by atoms with E-state index in [1.807, 2.05) is 0 Å². The van der Waals surface area contributed by atoms with E-state index in [0.29, 0.717) is 0 Å². The van der Waals surface area contributed by atoms with Gasteiger partial charge in [-0.25, -0.2) is 18.7 Å². The van der Waals surface area contributed by atoms with Gasteiger partial charge in [0.15, 0.2) is 11.6 Å². The Morgan fingerprint density at radius 3 is 2.59 bits per heavy atom. The predicted molar refractivity (Wildman–Crippen MR) is 56.6 cm³/mol. The van der Waals surface area contributed by atoms with Crippen molar-refractivity contribution in [2.45, 2.75) is 6.92 Å². The van der Waals surface area contributed by atoms with Gasteiger partial charge in [-0.2, -0.15) is 0 Å². The number of carbonyl (C=O) groups is 1. The van der Waals surface area contributed by atoms with Crippen LogP contribution in [-0.4, -0.2) is 15.8 Å². The second kappa shape index (κ2) is 4.37. The minimum atomic E-state index is -1.14. The Balaban J connectivity index is 2.49. The second-order valence-corrected chi connectivity index (χ2v) is 3.48. The summed E-state index contributed by atoms with van der Waals surface area (Å²) < 4.78 is 26.9. The van der Waals surface area contributed by atoms with Crippen LogP contribution < -0.4 is 0 Å². The van der Waals surface area contributed by atoms with Crippen molar-refractivity contribution in [3.63, 3.8) is 0 Å². The van der Waals surface area contributed by atoms with Crippen molar-refractivity contribution in [3.05, 3.63) is 59.2 Å². The number of aromatic nitrogens is 2. The number of hydrogen-bond donors (Lipinski definition) is 0. The molecule has 0 fully saturated rings. The van der Waals surface area contributed by atoms with Crippen LogP contribution in [0.2, 0.25) is 0 Å². The van der Waals surface area contributed by atoms with Gasteiger partial charge in [-0.15, -0.1) is 0 Å². The van der Waals surface area contributed by atoms with Crippen LogP contribution in [0.25, 0.3) is 0 Å². The SMILES string of the molecule is Cc1ccc(C(=O)c2ccncn2)c(F)c1F. The molecule has 0 saturated heterocycles. The Hall–Kier alpha value is -2.17. The molecule has 2 rings (SSSR count). The predicted octanol–water partition coefficient (Wildman–Crippen LogP) is 2.29. The summed E-state index contributed by atoms with van der Waals surface area (Å²) in [7, 11) is 0. The highest BCUT2D eigenvalue weighted by molar-refractivity contribution is 6.07. The van der Waals surface area contributed by atoms with E-state index in [-0.39, 0.29) is 16.8 Å². The quantitative estimate of drug-likeness (QED) is 0.749. The van der Waals surface area contributed by atoms with Gasteiger partial charge in [-0.1, -0.05) is 6.07 Å². The van der Waals surface area contributed by atoms with Crippen LogP contribution in [0.3, 0.4) is 0 Å². The molecule has 0 saturated carbocycles. The van der Waals surface area contributed by atoms with E-state index in [2.05, 4.69) is 9.97 Å². The summed E-state index contributed by atoms with van der Waals surface area (Å²) in [6.07, 6.45) is 2.54. The van der Waals surface area contributed by atoms with Crippen molar-refractivity contribution in [1.29, 1.82) is 0 Å². The molecule has 86 valence electrons. The highest BCUT2D eigenvalue weighted by Crippen LogP contribution is 2.17. The normalized spacial score (nSPS) is 10.3. The van der Waals surface area contributed by atoms with E-state index in [0.717, 1.165) is 0 Å². The smallest absolute Gasteiger partial charge is 0.214 e. The summed E-state index contributed by atoms with van der Waals surface area (Å²) in [5.41, 5.74) is -0.143. The molecule has 1 aromatic carbocycles. The molecule has 0 unspecified atom stereocenters. The first kappa shape index (κ1) is 11.3. The van der Waals surface area contributed by atoms with Gasteiger partial charge >= 0.3 is 0 Å². The van der Waals surface area contributed by atoms with Gasteiger partial charge in [0.1, 0.15) is 12.0 Å². The molecular weight excluding hydrogens is 226 g/mol. The molecule has 3 nitrogen and oxygen atoms in total. The first-order valence-electron chi connectivity index (χ1n) is 4.86. The lowest BCUT2D eigenvalue weighted by Gasteiger charge is -2.04. The highest BCUT2D eigenvalue weighted by Gasteiger charge is 2.19. The standard InChI is InChI=1S/C12H8F2N2O/c1-7-2-3-8(11(14)10(7)13)12(17)9-4-5-15-6-16-9/h2-6H,1H3. The Morgan fingerprint density at radius 1 is 1.18 bits per heavy atom. The van der Waals surface area contributed by atoms with E-state index < -0.39 is 17.4 Å². The lowest BCUT2D eigenvalue weighted by atomic mass is 10.0. The Labute approximate surface area is 96.2 Å². The molecule has 0 spiro atoms. The Bertz CT molecular complexity index is 570. The summed E-state index contributed by atoms with van der Waals surface area (Å²) in [6, 6.07) is 3.95. The molecule has 1 aromatic heterocycles. The molecule has 0 aliphatic rings. The van der Waals surface area contributed by atoms with Crippen molar-refractivity contribution in [1.82, 2.24) is 9.97 Å². The van der Waals surface area contributed by atoms with Gasteiger partial charge < -0.3 is 0 Å². The largest absolute Gasteiger partial charge is 0.287 e. The molecule has 2 aromatic rings. The fourth-order valence-electron chi connectivity index (χ4n) is 1.38. The molecule has 1 heterocycles. The van der Waals surface area contributed by atoms with Crippen LogP contribution in [0.1, 0.15) is 21.6 Å². The molecule has 0 N–H and O–H groups in total. The number of hydrogen-bond acceptors (Lipinski definition) is 3. The first-order valence-corrected chi connectivity index (χ1v) is 4.86. The maximum atomic E-state index is 13.6. The van der Waals surface area contributed by atoms with Crippen molar-refractivity contribution in [2.75, 3.05) is 0 Å². The topological polar surface area (TPSA) is 42.9 Å². The fraction of sp³-hybridized carbons (Fsp3) is 0.0833. The zero-order valence-electron chi connectivity index (χ0n) is 8.95.